The van der Waals surface area contributed by atoms with Crippen LogP contribution in [0.15, 0.2) is 27.8 Å². The molecule has 3 aromatic rings. The molecule has 2 aromatic heterocycles. The number of nitrogens with one attached hydrogen (secondary N) is 1. The quantitative estimate of drug-likeness (QED) is 0.553. The first-order chi connectivity index (χ1) is 13.9. The van der Waals surface area contributed by atoms with Gasteiger partial charge in [0, 0.05) is 5.69 Å². The molecule has 8 heteroatoms. The van der Waals surface area contributed by atoms with Crippen molar-refractivity contribution in [2.75, 3.05) is 5.32 Å². The Bertz CT molecular complexity index is 1040. The Kier molecular flexibility index (Phi) is 5.74. The molecule has 29 heavy (non-hydrogen) atoms. The van der Waals surface area contributed by atoms with Crippen molar-refractivity contribution in [2.45, 2.75) is 57.4 Å². The van der Waals surface area contributed by atoms with E-state index >= 15 is 0 Å². The van der Waals surface area contributed by atoms with Crippen LogP contribution in [-0.2, 0) is 17.6 Å². The Balaban J connectivity index is 1.48. The molecule has 1 aliphatic rings. The number of nitrogens with zero attached hydrogens (tertiary/aromatic N) is 3. The van der Waals surface area contributed by atoms with Gasteiger partial charge in [0.2, 0.25) is 5.91 Å². The lowest BCUT2D eigenvalue weighted by atomic mass is 10.1. The molecule has 1 atom stereocenters. The number of carbonyl (C=O) groups excluding carboxylic acids is 1. The van der Waals surface area contributed by atoms with E-state index in [1.807, 2.05) is 33.8 Å². The van der Waals surface area contributed by atoms with Crippen molar-refractivity contribution >= 4 is 34.7 Å². The van der Waals surface area contributed by atoms with Crippen LogP contribution in [0.25, 0.3) is 10.8 Å². The lowest BCUT2D eigenvalue weighted by molar-refractivity contribution is -0.116. The molecule has 0 fully saturated rings. The summed E-state index contributed by atoms with van der Waals surface area (Å²) in [4.78, 5) is 18.2. The summed E-state index contributed by atoms with van der Waals surface area (Å²) < 4.78 is 5.84. The smallest absolute Gasteiger partial charge is 0.277 e. The highest BCUT2D eigenvalue weighted by molar-refractivity contribution is 8.00. The number of fused-ring (bicyclic) bond motifs is 1. The molecule has 0 aliphatic heterocycles. The summed E-state index contributed by atoms with van der Waals surface area (Å²) in [5.41, 5.74) is 4.46. The second-order valence-corrected chi connectivity index (χ2v) is 9.93. The van der Waals surface area contributed by atoms with E-state index < -0.39 is 0 Å². The molecule has 1 aliphatic carbocycles. The van der Waals surface area contributed by atoms with Crippen molar-refractivity contribution in [3.63, 3.8) is 0 Å². The standard InChI is InChI=1S/C21H24N4O2S2/c1-11(2)17(19(26)23-16-9-8-14-6-5-7-15(14)10-16)29-21-25-24-20(27-21)18-12(3)22-13(4)28-18/h8-11,17H,5-7H2,1-4H3,(H,23,26). The topological polar surface area (TPSA) is 80.9 Å². The van der Waals surface area contributed by atoms with Crippen molar-refractivity contribution in [1.29, 1.82) is 0 Å². The molecule has 0 radical (unpaired) electrons. The van der Waals surface area contributed by atoms with E-state index in [1.54, 1.807) is 0 Å². The van der Waals surface area contributed by atoms with E-state index in [4.69, 9.17) is 4.42 Å². The van der Waals surface area contributed by atoms with Gasteiger partial charge in [0.1, 0.15) is 4.88 Å². The first-order valence-electron chi connectivity index (χ1n) is 9.78. The van der Waals surface area contributed by atoms with Gasteiger partial charge < -0.3 is 9.73 Å². The predicted octanol–water partition coefficient (Wildman–Crippen LogP) is 5.05. The van der Waals surface area contributed by atoms with Crippen molar-refractivity contribution < 1.29 is 9.21 Å². The van der Waals surface area contributed by atoms with Gasteiger partial charge in [-0.1, -0.05) is 31.7 Å². The second kappa shape index (κ2) is 8.28. The Morgan fingerprint density at radius 1 is 1.21 bits per heavy atom. The van der Waals surface area contributed by atoms with Crippen LogP contribution in [0.1, 0.15) is 42.1 Å². The van der Waals surface area contributed by atoms with E-state index in [9.17, 15) is 4.79 Å². The molecule has 1 unspecified atom stereocenters. The third kappa shape index (κ3) is 4.38. The van der Waals surface area contributed by atoms with Gasteiger partial charge in [0.05, 0.1) is 16.0 Å². The average Bonchev–Trinajstić information content (AvgIpc) is 3.38. The Morgan fingerprint density at radius 3 is 2.72 bits per heavy atom. The molecule has 0 spiro atoms. The third-order valence-corrected chi connectivity index (χ3v) is 7.40. The van der Waals surface area contributed by atoms with Crippen molar-refractivity contribution in [3.05, 3.63) is 40.0 Å². The predicted molar refractivity (Wildman–Crippen MR) is 116 cm³/mol. The molecular formula is C21H24N4O2S2. The summed E-state index contributed by atoms with van der Waals surface area (Å²) >= 11 is 2.84. The Labute approximate surface area is 178 Å². The lowest BCUT2D eigenvalue weighted by Gasteiger charge is -2.18. The van der Waals surface area contributed by atoms with Crippen LogP contribution in [-0.4, -0.2) is 26.3 Å². The van der Waals surface area contributed by atoms with Gasteiger partial charge in [-0.15, -0.1) is 21.5 Å². The number of hydrogen-bond acceptors (Lipinski definition) is 7. The zero-order chi connectivity index (χ0) is 20.5. The number of aromatic nitrogens is 3. The summed E-state index contributed by atoms with van der Waals surface area (Å²) in [6, 6.07) is 6.21. The lowest BCUT2D eigenvalue weighted by Crippen LogP contribution is -2.29. The van der Waals surface area contributed by atoms with Crippen molar-refractivity contribution in [3.8, 4) is 10.8 Å². The second-order valence-electron chi connectivity index (χ2n) is 7.63. The van der Waals surface area contributed by atoms with E-state index in [2.05, 4.69) is 32.6 Å². The van der Waals surface area contributed by atoms with E-state index in [-0.39, 0.29) is 17.1 Å². The van der Waals surface area contributed by atoms with Crippen LogP contribution in [0.5, 0.6) is 0 Å². The summed E-state index contributed by atoms with van der Waals surface area (Å²) in [6.07, 6.45) is 3.41. The van der Waals surface area contributed by atoms with Crippen LogP contribution in [0.4, 0.5) is 5.69 Å². The molecule has 0 saturated heterocycles. The third-order valence-electron chi connectivity index (χ3n) is 4.96. The Hall–Kier alpha value is -2.19. The number of amides is 1. The van der Waals surface area contributed by atoms with Crippen molar-refractivity contribution in [1.82, 2.24) is 15.2 Å². The number of carbonyl (C=O) groups is 1. The highest BCUT2D eigenvalue weighted by atomic mass is 32.2. The maximum Gasteiger partial charge on any atom is 0.277 e. The highest BCUT2D eigenvalue weighted by Crippen LogP contribution is 2.34. The van der Waals surface area contributed by atoms with Crippen LogP contribution in [0.2, 0.25) is 0 Å². The molecule has 6 nitrogen and oxygen atoms in total. The summed E-state index contributed by atoms with van der Waals surface area (Å²) in [7, 11) is 0. The normalized spacial score (nSPS) is 14.2. The first-order valence-corrected chi connectivity index (χ1v) is 11.5. The largest absolute Gasteiger partial charge is 0.410 e. The van der Waals surface area contributed by atoms with Crippen LogP contribution < -0.4 is 5.32 Å². The minimum absolute atomic E-state index is 0.0486. The fraction of sp³-hybridized carbons (Fsp3) is 0.429. The van der Waals surface area contributed by atoms with Crippen LogP contribution in [0.3, 0.4) is 0 Å². The fourth-order valence-electron chi connectivity index (χ4n) is 3.54. The molecule has 2 heterocycles. The summed E-state index contributed by atoms with van der Waals surface area (Å²) in [6.45, 7) is 7.92. The number of anilines is 1. The van der Waals surface area contributed by atoms with Gasteiger partial charge in [-0.05, 0) is 62.3 Å². The maximum absolute atomic E-state index is 13.0. The number of benzene rings is 1. The fourth-order valence-corrected chi connectivity index (χ4v) is 5.25. The van der Waals surface area contributed by atoms with Gasteiger partial charge >= 0.3 is 0 Å². The van der Waals surface area contributed by atoms with Gasteiger partial charge in [-0.2, -0.15) is 0 Å². The molecule has 1 aromatic carbocycles. The first kappa shape index (κ1) is 20.1. The molecular weight excluding hydrogens is 404 g/mol. The zero-order valence-corrected chi connectivity index (χ0v) is 18.6. The molecule has 0 saturated carbocycles. The van der Waals surface area contributed by atoms with Crippen molar-refractivity contribution in [2.24, 2.45) is 5.92 Å². The maximum atomic E-state index is 13.0. The summed E-state index contributed by atoms with van der Waals surface area (Å²) in [5.74, 6) is 0.516. The average molecular weight is 429 g/mol. The van der Waals surface area contributed by atoms with E-state index in [0.29, 0.717) is 11.1 Å². The minimum atomic E-state index is -0.333. The molecule has 4 rings (SSSR count). The number of rotatable bonds is 6. The van der Waals surface area contributed by atoms with Crippen LogP contribution >= 0.6 is 23.1 Å². The van der Waals surface area contributed by atoms with Gasteiger partial charge in [-0.3, -0.25) is 4.79 Å². The van der Waals surface area contributed by atoms with Gasteiger partial charge in [-0.25, -0.2) is 4.98 Å². The monoisotopic (exact) mass is 428 g/mol. The van der Waals surface area contributed by atoms with Gasteiger partial charge in [0.25, 0.3) is 11.1 Å². The number of hydrogen-bond donors (Lipinski definition) is 1. The SMILES string of the molecule is Cc1nc(C)c(-c2nnc(SC(C(=O)Nc3ccc4c(c3)CCC4)C(C)C)o2)s1. The van der Waals surface area contributed by atoms with Gasteiger partial charge in [0.15, 0.2) is 0 Å². The zero-order valence-electron chi connectivity index (χ0n) is 17.0. The number of aryl methyl sites for hydroxylation is 4. The minimum Gasteiger partial charge on any atom is -0.410 e. The van der Waals surface area contributed by atoms with E-state index in [0.717, 1.165) is 34.1 Å². The Morgan fingerprint density at radius 2 is 2.00 bits per heavy atom. The molecule has 1 amide bonds. The summed E-state index contributed by atoms with van der Waals surface area (Å²) in [5, 5.41) is 12.4. The number of thiazole rings is 1. The number of thioether (sulfide) groups is 1. The highest BCUT2D eigenvalue weighted by Gasteiger charge is 2.27. The van der Waals surface area contributed by atoms with E-state index in [1.165, 1.54) is 40.6 Å². The van der Waals surface area contributed by atoms with Crippen LogP contribution in [0, 0.1) is 19.8 Å². The molecule has 1 N–H and O–H groups in total. The molecule has 0 bridgehead atoms. The molecule has 152 valence electrons.